The maximum atomic E-state index is 14.0. The van der Waals surface area contributed by atoms with Crippen molar-refractivity contribution in [2.75, 3.05) is 62.3 Å². The largest absolute Gasteiger partial charge is 0.420 e. The van der Waals surface area contributed by atoms with Crippen LogP contribution in [0.1, 0.15) is 28.1 Å². The monoisotopic (exact) mass is 640 g/mol. The average molecular weight is 641 g/mol. The Bertz CT molecular complexity index is 1640. The van der Waals surface area contributed by atoms with Crippen LogP contribution >= 0.6 is 22.9 Å². The van der Waals surface area contributed by atoms with E-state index >= 15 is 0 Å². The van der Waals surface area contributed by atoms with Crippen LogP contribution in [0.15, 0.2) is 35.4 Å². The maximum Gasteiger partial charge on any atom is 0.420 e. The Labute approximate surface area is 250 Å². The molecule has 3 aromatic rings. The number of hydrogen-bond acceptors (Lipinski definition) is 9. The summed E-state index contributed by atoms with van der Waals surface area (Å²) in [6.07, 6.45) is -1.54. The van der Waals surface area contributed by atoms with Gasteiger partial charge >= 0.3 is 6.18 Å². The van der Waals surface area contributed by atoms with Gasteiger partial charge in [0.2, 0.25) is 5.95 Å². The van der Waals surface area contributed by atoms with Crippen LogP contribution in [0.3, 0.4) is 0 Å². The van der Waals surface area contributed by atoms with Gasteiger partial charge in [-0.05, 0) is 43.0 Å². The Morgan fingerprint density at radius 1 is 1.12 bits per heavy atom. The Kier molecular flexibility index (Phi) is 7.61. The van der Waals surface area contributed by atoms with E-state index in [0.29, 0.717) is 28.2 Å². The highest BCUT2D eigenvalue weighted by atomic mass is 35.5. The molecule has 1 aliphatic carbocycles. The van der Waals surface area contributed by atoms with Crippen molar-refractivity contribution >= 4 is 56.0 Å². The lowest BCUT2D eigenvalue weighted by Crippen LogP contribution is -2.47. The third-order valence-corrected chi connectivity index (χ3v) is 11.0. The molecule has 1 aromatic carbocycles. The topological polar surface area (TPSA) is 98.7 Å². The Balaban J connectivity index is 1.27. The van der Waals surface area contributed by atoms with E-state index in [0.717, 1.165) is 50.4 Å². The highest BCUT2D eigenvalue weighted by Gasteiger charge is 2.38. The molecular weight excluding hydrogens is 613 g/mol. The molecule has 1 amide bonds. The second kappa shape index (κ2) is 11.0. The van der Waals surface area contributed by atoms with Gasteiger partial charge in [-0.2, -0.15) is 13.2 Å². The molecule has 3 aliphatic rings. The summed E-state index contributed by atoms with van der Waals surface area (Å²) >= 11 is 7.23. The molecule has 0 bridgehead atoms. The van der Waals surface area contributed by atoms with Crippen LogP contribution in [0.4, 0.5) is 30.5 Å². The third-order valence-electron chi connectivity index (χ3n) is 7.75. The Hall–Kier alpha value is -2.94. The number of hydrogen-bond donors (Lipinski definition) is 1. The Morgan fingerprint density at radius 2 is 1.86 bits per heavy atom. The first kappa shape index (κ1) is 29.1. The number of aromatic nitrogens is 2. The summed E-state index contributed by atoms with van der Waals surface area (Å²) < 4.78 is 67.6. The Morgan fingerprint density at radius 3 is 2.52 bits per heavy atom. The zero-order chi connectivity index (χ0) is 29.8. The second-order valence-corrected chi connectivity index (χ2v) is 14.4. The van der Waals surface area contributed by atoms with Crippen molar-refractivity contribution in [2.24, 2.45) is 5.92 Å². The lowest BCUT2D eigenvalue weighted by molar-refractivity contribution is -0.137. The molecule has 2 fully saturated rings. The van der Waals surface area contributed by atoms with E-state index in [4.69, 9.17) is 11.6 Å². The van der Waals surface area contributed by atoms with E-state index in [9.17, 15) is 26.4 Å². The van der Waals surface area contributed by atoms with Crippen LogP contribution < -0.4 is 10.2 Å². The quantitative estimate of drug-likeness (QED) is 0.402. The predicted octanol–water partition coefficient (Wildman–Crippen LogP) is 5.01. The minimum atomic E-state index is -4.82. The number of carbonyl (C=O) groups excluding carboxylic acids is 1. The third kappa shape index (κ3) is 5.94. The van der Waals surface area contributed by atoms with Gasteiger partial charge in [0, 0.05) is 58.2 Å². The van der Waals surface area contributed by atoms with Crippen molar-refractivity contribution in [3.8, 4) is 10.6 Å². The number of halogens is 4. The summed E-state index contributed by atoms with van der Waals surface area (Å²) in [5.41, 5.74) is -0.327. The van der Waals surface area contributed by atoms with E-state index < -0.39 is 33.2 Å². The molecule has 224 valence electrons. The number of rotatable bonds is 6. The number of alkyl halides is 3. The number of fused-ring (bicyclic) bond motifs is 1. The number of sulfone groups is 1. The molecular formula is C27H28ClF3N6O3S2. The molecule has 42 heavy (non-hydrogen) atoms. The van der Waals surface area contributed by atoms with Crippen LogP contribution in [0.2, 0.25) is 5.02 Å². The SMILES string of the molecule is CN1CCS(=O)(=O)c2cc(-c3nc(Nc4ccc(N5CCN(CC6CC6)CC5)cc4Cl)ncc3C(F)(F)F)sc2C1=O. The van der Waals surface area contributed by atoms with E-state index in [1.807, 2.05) is 6.07 Å². The molecule has 2 aromatic heterocycles. The summed E-state index contributed by atoms with van der Waals surface area (Å²) in [5, 5.41) is 3.24. The number of benzene rings is 1. The predicted molar refractivity (Wildman–Crippen MR) is 155 cm³/mol. The molecule has 1 N–H and O–H groups in total. The molecule has 9 nitrogen and oxygen atoms in total. The molecule has 4 heterocycles. The molecule has 1 saturated heterocycles. The zero-order valence-corrected chi connectivity index (χ0v) is 25.0. The smallest absolute Gasteiger partial charge is 0.369 e. The maximum absolute atomic E-state index is 14.0. The number of nitrogens with zero attached hydrogens (tertiary/aromatic N) is 5. The van der Waals surface area contributed by atoms with Gasteiger partial charge < -0.3 is 15.1 Å². The minimum absolute atomic E-state index is 0.0105. The highest BCUT2D eigenvalue weighted by molar-refractivity contribution is 7.91. The second-order valence-electron chi connectivity index (χ2n) is 10.8. The van der Waals surface area contributed by atoms with Gasteiger partial charge in [0.25, 0.3) is 5.91 Å². The number of piperazine rings is 1. The molecule has 0 atom stereocenters. The highest BCUT2D eigenvalue weighted by Crippen LogP contribution is 2.42. The van der Waals surface area contributed by atoms with Crippen LogP contribution in [-0.4, -0.2) is 86.2 Å². The molecule has 15 heteroatoms. The average Bonchev–Trinajstić information content (AvgIpc) is 3.65. The first-order valence-electron chi connectivity index (χ1n) is 13.5. The standard InChI is InChI=1S/C27H28ClF3N6O3S2/c1-35-10-11-42(39,40)22-13-21(41-24(22)25(35)38)23-18(27(29,30)31)14-32-26(34-23)33-20-5-4-17(12-19(20)28)37-8-6-36(7-9-37)15-16-2-3-16/h4-5,12-14,16H,2-3,6-11,15H2,1H3,(H,32,33,34). The van der Waals surface area contributed by atoms with Crippen molar-refractivity contribution in [3.63, 3.8) is 0 Å². The number of carbonyl (C=O) groups is 1. The summed E-state index contributed by atoms with van der Waals surface area (Å²) in [5.74, 6) is -0.210. The number of thiophene rings is 1. The van der Waals surface area contributed by atoms with E-state index in [-0.39, 0.29) is 32.9 Å². The van der Waals surface area contributed by atoms with Crippen LogP contribution in [0.5, 0.6) is 0 Å². The summed E-state index contributed by atoms with van der Waals surface area (Å²) in [6, 6.07) is 6.51. The summed E-state index contributed by atoms with van der Waals surface area (Å²) in [6.45, 7) is 4.85. The molecule has 0 unspecified atom stereocenters. The van der Waals surface area contributed by atoms with Crippen molar-refractivity contribution in [3.05, 3.63) is 45.9 Å². The zero-order valence-electron chi connectivity index (χ0n) is 22.6. The number of nitrogens with one attached hydrogen (secondary N) is 1. The van der Waals surface area contributed by atoms with Crippen molar-refractivity contribution in [2.45, 2.75) is 23.9 Å². The van der Waals surface area contributed by atoms with Crippen molar-refractivity contribution in [1.29, 1.82) is 0 Å². The fourth-order valence-corrected chi connectivity index (χ4v) is 8.38. The lowest BCUT2D eigenvalue weighted by Gasteiger charge is -2.36. The first-order chi connectivity index (χ1) is 19.9. The number of anilines is 3. The minimum Gasteiger partial charge on any atom is -0.369 e. The van der Waals surface area contributed by atoms with Gasteiger partial charge in [-0.1, -0.05) is 11.6 Å². The first-order valence-corrected chi connectivity index (χ1v) is 16.3. The van der Waals surface area contributed by atoms with Crippen molar-refractivity contribution < 1.29 is 26.4 Å². The van der Waals surface area contributed by atoms with Gasteiger partial charge in [0.1, 0.15) is 10.4 Å². The van der Waals surface area contributed by atoms with E-state index in [1.165, 1.54) is 24.8 Å². The normalized spacial score (nSPS) is 19.5. The van der Waals surface area contributed by atoms with Gasteiger partial charge in [-0.3, -0.25) is 9.69 Å². The molecule has 6 rings (SSSR count). The van der Waals surface area contributed by atoms with Gasteiger partial charge in [-0.15, -0.1) is 11.3 Å². The fourth-order valence-electron chi connectivity index (χ4n) is 5.13. The molecule has 0 radical (unpaired) electrons. The van der Waals surface area contributed by atoms with Crippen LogP contribution in [-0.2, 0) is 16.0 Å². The van der Waals surface area contributed by atoms with Crippen LogP contribution in [0, 0.1) is 5.92 Å². The van der Waals surface area contributed by atoms with Gasteiger partial charge in [0.05, 0.1) is 31.9 Å². The van der Waals surface area contributed by atoms with Gasteiger partial charge in [-0.25, -0.2) is 18.4 Å². The van der Waals surface area contributed by atoms with Crippen molar-refractivity contribution in [1.82, 2.24) is 19.8 Å². The van der Waals surface area contributed by atoms with E-state index in [1.54, 1.807) is 12.1 Å². The molecule has 0 spiro atoms. The summed E-state index contributed by atoms with van der Waals surface area (Å²) in [4.78, 5) is 26.2. The summed E-state index contributed by atoms with van der Waals surface area (Å²) in [7, 11) is -2.43. The number of amides is 1. The van der Waals surface area contributed by atoms with E-state index in [2.05, 4.69) is 25.1 Å². The molecule has 2 aliphatic heterocycles. The van der Waals surface area contributed by atoms with Crippen LogP contribution in [0.25, 0.3) is 10.6 Å². The lowest BCUT2D eigenvalue weighted by atomic mass is 10.2. The van der Waals surface area contributed by atoms with Gasteiger partial charge in [0.15, 0.2) is 9.84 Å². The molecule has 1 saturated carbocycles. The fraction of sp³-hybridized carbons (Fsp3) is 0.444.